The number of ether oxygens (including phenoxy) is 1. The van der Waals surface area contributed by atoms with Crippen molar-refractivity contribution < 1.29 is 10.1 Å². The van der Waals surface area contributed by atoms with Crippen molar-refractivity contribution in [3.05, 3.63) is 28.7 Å². The zero-order valence-corrected chi connectivity index (χ0v) is 8.25. The van der Waals surface area contributed by atoms with Crippen molar-refractivity contribution in [3.63, 3.8) is 0 Å². The van der Waals surface area contributed by atoms with Gasteiger partial charge in [0.25, 0.3) is 0 Å². The van der Waals surface area contributed by atoms with Gasteiger partial charge in [-0.2, -0.15) is 0 Å². The van der Waals surface area contributed by atoms with E-state index in [0.717, 1.165) is 23.3 Å². The highest BCUT2D eigenvalue weighted by atomic mass is 79.9. The second kappa shape index (κ2) is 3.46. The van der Waals surface area contributed by atoms with Gasteiger partial charge in [0.1, 0.15) is 18.8 Å². The minimum atomic E-state index is 0.422. The van der Waals surface area contributed by atoms with Crippen LogP contribution >= 0.6 is 15.9 Å². The van der Waals surface area contributed by atoms with Gasteiger partial charge in [0.15, 0.2) is 6.10 Å². The zero-order chi connectivity index (χ0) is 8.39. The fraction of sp³-hybridized carbons (Fsp3) is 0.333. The van der Waals surface area contributed by atoms with Gasteiger partial charge >= 0.3 is 0 Å². The Labute approximate surface area is 80.1 Å². The number of nitrogens with two attached hydrogens (primary N) is 1. The number of hydrogen-bond donors (Lipinski definition) is 1. The highest BCUT2D eigenvalue weighted by molar-refractivity contribution is 9.10. The summed E-state index contributed by atoms with van der Waals surface area (Å²) in [6.07, 6.45) is 0.422. The normalized spacial score (nSPS) is 17.1. The van der Waals surface area contributed by atoms with Gasteiger partial charge in [-0.25, -0.2) is 0 Å². The molecule has 0 atom stereocenters. The number of rotatable bonds is 2. The van der Waals surface area contributed by atoms with Crippen LogP contribution in [0.3, 0.4) is 0 Å². The standard InChI is InChI=1S/C9H10BrNO/c10-7-1-3-8(4-2-7)12-9-5-11-6-9/h1-4,9,11H,5-6H2/p+1. The summed E-state index contributed by atoms with van der Waals surface area (Å²) in [6, 6.07) is 7.97. The molecule has 3 heteroatoms. The van der Waals surface area contributed by atoms with Crippen LogP contribution in [0.1, 0.15) is 0 Å². The molecule has 0 radical (unpaired) electrons. The molecule has 64 valence electrons. The molecule has 1 aromatic carbocycles. The minimum absolute atomic E-state index is 0.422. The molecule has 2 rings (SSSR count). The van der Waals surface area contributed by atoms with Crippen molar-refractivity contribution in [1.82, 2.24) is 0 Å². The van der Waals surface area contributed by atoms with E-state index in [1.807, 2.05) is 24.3 Å². The lowest BCUT2D eigenvalue weighted by molar-refractivity contribution is -0.721. The molecule has 1 heterocycles. The van der Waals surface area contributed by atoms with Crippen LogP contribution in [-0.4, -0.2) is 19.2 Å². The maximum atomic E-state index is 5.65. The molecule has 0 aromatic heterocycles. The largest absolute Gasteiger partial charge is 0.479 e. The van der Waals surface area contributed by atoms with E-state index in [1.165, 1.54) is 0 Å². The van der Waals surface area contributed by atoms with Gasteiger partial charge < -0.3 is 10.1 Å². The van der Waals surface area contributed by atoms with E-state index in [1.54, 1.807) is 0 Å². The van der Waals surface area contributed by atoms with Gasteiger partial charge in [-0.05, 0) is 24.3 Å². The van der Waals surface area contributed by atoms with E-state index in [-0.39, 0.29) is 0 Å². The molecule has 1 aliphatic heterocycles. The smallest absolute Gasteiger partial charge is 0.195 e. The van der Waals surface area contributed by atoms with Crippen LogP contribution in [0.2, 0.25) is 0 Å². The molecule has 1 fully saturated rings. The quantitative estimate of drug-likeness (QED) is 0.796. The lowest BCUT2D eigenvalue weighted by Gasteiger charge is -2.23. The third-order valence-corrected chi connectivity index (χ3v) is 2.50. The molecule has 0 spiro atoms. The van der Waals surface area contributed by atoms with Crippen LogP contribution in [0.15, 0.2) is 28.7 Å². The van der Waals surface area contributed by atoms with E-state index >= 15 is 0 Å². The monoisotopic (exact) mass is 228 g/mol. The molecule has 1 aliphatic rings. The molecule has 0 aliphatic carbocycles. The molecule has 0 amide bonds. The summed E-state index contributed by atoms with van der Waals surface area (Å²) in [4.78, 5) is 0. The predicted octanol–water partition coefficient (Wildman–Crippen LogP) is 0.773. The predicted molar refractivity (Wildman–Crippen MR) is 50.2 cm³/mol. The number of halogens is 1. The topological polar surface area (TPSA) is 25.8 Å². The minimum Gasteiger partial charge on any atom is -0.479 e. The Morgan fingerprint density at radius 3 is 2.42 bits per heavy atom. The molecular weight excluding hydrogens is 218 g/mol. The fourth-order valence-corrected chi connectivity index (χ4v) is 1.37. The van der Waals surface area contributed by atoms with Gasteiger partial charge in [-0.1, -0.05) is 15.9 Å². The Balaban J connectivity index is 1.98. The van der Waals surface area contributed by atoms with E-state index < -0.39 is 0 Å². The third kappa shape index (κ3) is 1.79. The summed E-state index contributed by atoms with van der Waals surface area (Å²) < 4.78 is 6.75. The number of quaternary nitrogens is 1. The zero-order valence-electron chi connectivity index (χ0n) is 6.66. The Morgan fingerprint density at radius 1 is 1.25 bits per heavy atom. The van der Waals surface area contributed by atoms with Gasteiger partial charge in [0.2, 0.25) is 0 Å². The van der Waals surface area contributed by atoms with Crippen LogP contribution in [-0.2, 0) is 0 Å². The lowest BCUT2D eigenvalue weighted by atomic mass is 10.2. The van der Waals surface area contributed by atoms with Crippen molar-refractivity contribution in [2.75, 3.05) is 13.1 Å². The lowest BCUT2D eigenvalue weighted by Crippen LogP contribution is -2.99. The first-order chi connectivity index (χ1) is 5.84. The Morgan fingerprint density at radius 2 is 1.92 bits per heavy atom. The van der Waals surface area contributed by atoms with Crippen LogP contribution in [0.4, 0.5) is 0 Å². The summed E-state index contributed by atoms with van der Waals surface area (Å²) in [5.74, 6) is 0.969. The molecule has 2 N–H and O–H groups in total. The molecular formula is C9H11BrNO+. The van der Waals surface area contributed by atoms with Gasteiger partial charge in [-0.15, -0.1) is 0 Å². The van der Waals surface area contributed by atoms with Crippen molar-refractivity contribution in [1.29, 1.82) is 0 Å². The van der Waals surface area contributed by atoms with Gasteiger partial charge in [0.05, 0.1) is 0 Å². The number of benzene rings is 1. The summed E-state index contributed by atoms with van der Waals surface area (Å²) in [5, 5.41) is 2.24. The molecule has 1 aromatic rings. The SMILES string of the molecule is Brc1ccc(OC2C[NH2+]C2)cc1. The van der Waals surface area contributed by atoms with E-state index in [0.29, 0.717) is 6.10 Å². The van der Waals surface area contributed by atoms with Crippen LogP contribution in [0.25, 0.3) is 0 Å². The molecule has 0 saturated carbocycles. The number of hydrogen-bond acceptors (Lipinski definition) is 1. The molecule has 0 unspecified atom stereocenters. The first-order valence-electron chi connectivity index (χ1n) is 4.08. The molecule has 12 heavy (non-hydrogen) atoms. The Kier molecular flexibility index (Phi) is 2.33. The summed E-state index contributed by atoms with van der Waals surface area (Å²) >= 11 is 3.38. The van der Waals surface area contributed by atoms with E-state index in [9.17, 15) is 0 Å². The van der Waals surface area contributed by atoms with Gasteiger partial charge in [0, 0.05) is 4.47 Å². The van der Waals surface area contributed by atoms with Crippen molar-refractivity contribution in [3.8, 4) is 5.75 Å². The maximum Gasteiger partial charge on any atom is 0.195 e. The maximum absolute atomic E-state index is 5.65. The van der Waals surface area contributed by atoms with Crippen molar-refractivity contribution in [2.45, 2.75) is 6.10 Å². The van der Waals surface area contributed by atoms with Gasteiger partial charge in [-0.3, -0.25) is 0 Å². The second-order valence-electron chi connectivity index (χ2n) is 2.95. The highest BCUT2D eigenvalue weighted by Crippen LogP contribution is 2.17. The first-order valence-corrected chi connectivity index (χ1v) is 4.88. The highest BCUT2D eigenvalue weighted by Gasteiger charge is 2.22. The van der Waals surface area contributed by atoms with E-state index in [4.69, 9.17) is 4.74 Å². The average molecular weight is 229 g/mol. The Hall–Kier alpha value is -0.540. The average Bonchev–Trinajstić information content (AvgIpc) is 2.00. The molecule has 2 nitrogen and oxygen atoms in total. The van der Waals surface area contributed by atoms with E-state index in [2.05, 4.69) is 21.2 Å². The molecule has 0 bridgehead atoms. The van der Waals surface area contributed by atoms with Crippen LogP contribution in [0, 0.1) is 0 Å². The third-order valence-electron chi connectivity index (χ3n) is 1.98. The fourth-order valence-electron chi connectivity index (χ4n) is 1.10. The second-order valence-corrected chi connectivity index (χ2v) is 3.87. The van der Waals surface area contributed by atoms with Crippen molar-refractivity contribution in [2.24, 2.45) is 0 Å². The Bertz CT molecular complexity index is 256. The summed E-state index contributed by atoms with van der Waals surface area (Å²) in [7, 11) is 0. The molecule has 1 saturated heterocycles. The first kappa shape index (κ1) is 8.08. The van der Waals surface area contributed by atoms with Crippen molar-refractivity contribution >= 4 is 15.9 Å². The summed E-state index contributed by atoms with van der Waals surface area (Å²) in [5.41, 5.74) is 0. The van der Waals surface area contributed by atoms with Crippen LogP contribution in [0.5, 0.6) is 5.75 Å². The van der Waals surface area contributed by atoms with Crippen LogP contribution < -0.4 is 10.1 Å². The summed E-state index contributed by atoms with van der Waals surface area (Å²) in [6.45, 7) is 2.19.